The average Bonchev–Trinajstić information content (AvgIpc) is 3.12. The van der Waals surface area contributed by atoms with Gasteiger partial charge in [0.25, 0.3) is 0 Å². The topological polar surface area (TPSA) is 74.4 Å². The van der Waals surface area contributed by atoms with Crippen LogP contribution >= 0.6 is 0 Å². The summed E-state index contributed by atoms with van der Waals surface area (Å²) in [5.74, 6) is -0.559. The van der Waals surface area contributed by atoms with Crippen molar-refractivity contribution in [3.05, 3.63) is 29.5 Å². The zero-order chi connectivity index (χ0) is 21.7. The number of benzene rings is 1. The molecule has 2 N–H and O–H groups in total. The Hall–Kier alpha value is -2.34. The van der Waals surface area contributed by atoms with Crippen LogP contribution in [0.3, 0.4) is 0 Å². The van der Waals surface area contributed by atoms with Gasteiger partial charge in [0.2, 0.25) is 5.91 Å². The molecular weight excluding hydrogens is 378 g/mol. The number of methoxy groups -OCH3 is 1. The van der Waals surface area contributed by atoms with Gasteiger partial charge in [0.1, 0.15) is 5.69 Å². The first-order chi connectivity index (χ1) is 14.1. The van der Waals surface area contributed by atoms with Crippen molar-refractivity contribution in [3.8, 4) is 0 Å². The van der Waals surface area contributed by atoms with E-state index in [1.54, 1.807) is 0 Å². The summed E-state index contributed by atoms with van der Waals surface area (Å²) in [6.45, 7) is 10.9. The number of aryl methyl sites for hydroxylation is 1. The Morgan fingerprint density at radius 3 is 2.77 bits per heavy atom. The van der Waals surface area contributed by atoms with Crippen molar-refractivity contribution in [2.45, 2.75) is 59.4 Å². The molecule has 2 fully saturated rings. The molecule has 1 aromatic carbocycles. The molecule has 1 aromatic heterocycles. The zero-order valence-electron chi connectivity index (χ0n) is 18.7. The number of carbonyl (C=O) groups is 2. The van der Waals surface area contributed by atoms with Gasteiger partial charge in [-0.05, 0) is 49.1 Å². The molecule has 2 heterocycles. The second-order valence-corrected chi connectivity index (χ2v) is 10.4. The summed E-state index contributed by atoms with van der Waals surface area (Å²) >= 11 is 0. The van der Waals surface area contributed by atoms with Gasteiger partial charge in [0.05, 0.1) is 12.8 Å². The Morgan fingerprint density at radius 2 is 2.03 bits per heavy atom. The van der Waals surface area contributed by atoms with Gasteiger partial charge in [-0.3, -0.25) is 9.69 Å². The first-order valence-electron chi connectivity index (χ1n) is 10.8. The summed E-state index contributed by atoms with van der Waals surface area (Å²) in [7, 11) is 1.35. The maximum atomic E-state index is 12.9. The third kappa shape index (κ3) is 3.97. The second kappa shape index (κ2) is 7.41. The fraction of sp³-hybridized carbons (Fsp3) is 0.583. The van der Waals surface area contributed by atoms with E-state index in [-0.39, 0.29) is 11.6 Å². The molecule has 30 heavy (non-hydrogen) atoms. The number of nitrogens with zero attached hydrogens (tertiary/aromatic N) is 1. The van der Waals surface area contributed by atoms with Gasteiger partial charge in [-0.25, -0.2) is 4.79 Å². The van der Waals surface area contributed by atoms with Crippen molar-refractivity contribution in [2.24, 2.45) is 10.8 Å². The number of rotatable bonds is 5. The minimum Gasteiger partial charge on any atom is -0.464 e. The standard InChI is InChI=1S/C24H33N3O3/c1-15-6-7-18-17(10-15)20(21(25-18)22(29)30-5)26-19(28)8-9-27-14-24(4)12-16(27)11-23(2,3)13-24/h6-7,10,16,25H,8-9,11-14H2,1-5H3,(H,26,28)/t16-,24-/m0/s1. The number of hydrogen-bond acceptors (Lipinski definition) is 4. The molecule has 0 radical (unpaired) electrons. The van der Waals surface area contributed by atoms with Crippen molar-refractivity contribution < 1.29 is 14.3 Å². The van der Waals surface area contributed by atoms with Gasteiger partial charge < -0.3 is 15.0 Å². The quantitative estimate of drug-likeness (QED) is 0.711. The Morgan fingerprint density at radius 1 is 1.27 bits per heavy atom. The van der Waals surface area contributed by atoms with E-state index >= 15 is 0 Å². The second-order valence-electron chi connectivity index (χ2n) is 10.4. The van der Waals surface area contributed by atoms with Crippen molar-refractivity contribution in [1.29, 1.82) is 0 Å². The van der Waals surface area contributed by atoms with Gasteiger partial charge in [-0.1, -0.05) is 32.4 Å². The lowest BCUT2D eigenvalue weighted by Crippen LogP contribution is -2.35. The Bertz CT molecular complexity index is 993. The highest BCUT2D eigenvalue weighted by Gasteiger charge is 2.49. The largest absolute Gasteiger partial charge is 0.464 e. The molecule has 1 saturated carbocycles. The van der Waals surface area contributed by atoms with Crippen molar-refractivity contribution in [3.63, 3.8) is 0 Å². The number of amides is 1. The van der Waals surface area contributed by atoms with Crippen molar-refractivity contribution in [1.82, 2.24) is 9.88 Å². The summed E-state index contributed by atoms with van der Waals surface area (Å²) in [5.41, 5.74) is 3.39. The number of anilines is 1. The summed E-state index contributed by atoms with van der Waals surface area (Å²) in [6.07, 6.45) is 4.08. The van der Waals surface area contributed by atoms with Gasteiger partial charge in [-0.2, -0.15) is 0 Å². The lowest BCUT2D eigenvalue weighted by Gasteiger charge is -2.39. The van der Waals surface area contributed by atoms with E-state index in [0.29, 0.717) is 29.0 Å². The monoisotopic (exact) mass is 411 g/mol. The lowest BCUT2D eigenvalue weighted by molar-refractivity contribution is -0.116. The Kier molecular flexibility index (Phi) is 5.17. The normalized spacial score (nSPS) is 25.4. The predicted octanol–water partition coefficient (Wildman–Crippen LogP) is 4.49. The maximum absolute atomic E-state index is 12.9. The van der Waals surface area contributed by atoms with E-state index in [2.05, 4.69) is 36.0 Å². The smallest absolute Gasteiger partial charge is 0.356 e. The molecule has 1 amide bonds. The van der Waals surface area contributed by atoms with Crippen LogP contribution in [0.25, 0.3) is 10.9 Å². The molecule has 162 valence electrons. The Balaban J connectivity index is 1.48. The molecule has 6 nitrogen and oxygen atoms in total. The first-order valence-corrected chi connectivity index (χ1v) is 10.8. The highest BCUT2D eigenvalue weighted by Crippen LogP contribution is 2.52. The lowest BCUT2D eigenvalue weighted by atomic mass is 9.65. The van der Waals surface area contributed by atoms with Crippen LogP contribution < -0.4 is 5.32 Å². The summed E-state index contributed by atoms with van der Waals surface area (Å²) in [4.78, 5) is 30.7. The number of H-pyrrole nitrogens is 1. The van der Waals surface area contributed by atoms with Crippen LogP contribution in [0.15, 0.2) is 18.2 Å². The summed E-state index contributed by atoms with van der Waals surface area (Å²) in [6, 6.07) is 6.42. The molecule has 1 aliphatic carbocycles. The Labute approximate surface area is 178 Å². The molecular formula is C24H33N3O3. The van der Waals surface area contributed by atoms with E-state index in [1.165, 1.54) is 26.4 Å². The SMILES string of the molecule is COC(=O)c1[nH]c2ccc(C)cc2c1NC(=O)CCN1C[C@@]2(C)C[C@@H]1CC(C)(C)C2. The van der Waals surface area contributed by atoms with Crippen LogP contribution in [-0.4, -0.2) is 48.0 Å². The molecule has 1 saturated heterocycles. The fourth-order valence-electron chi connectivity index (χ4n) is 5.98. The van der Waals surface area contributed by atoms with Crippen molar-refractivity contribution in [2.75, 3.05) is 25.5 Å². The van der Waals surface area contributed by atoms with Gasteiger partial charge >= 0.3 is 5.97 Å². The van der Waals surface area contributed by atoms with Crippen LogP contribution in [0.2, 0.25) is 0 Å². The summed E-state index contributed by atoms with van der Waals surface area (Å²) in [5, 5.41) is 3.82. The highest BCUT2D eigenvalue weighted by molar-refractivity contribution is 6.11. The molecule has 1 aliphatic heterocycles. The fourth-order valence-corrected chi connectivity index (χ4v) is 5.98. The number of esters is 1. The molecule has 2 aliphatic rings. The minimum absolute atomic E-state index is 0.0755. The van der Waals surface area contributed by atoms with Crippen LogP contribution in [0.5, 0.6) is 0 Å². The van der Waals surface area contributed by atoms with Gasteiger partial charge in [0.15, 0.2) is 0 Å². The maximum Gasteiger partial charge on any atom is 0.356 e. The number of nitrogens with one attached hydrogen (secondary N) is 2. The number of aromatic amines is 1. The molecule has 0 unspecified atom stereocenters. The third-order valence-electron chi connectivity index (χ3n) is 6.76. The molecule has 6 heteroatoms. The van der Waals surface area contributed by atoms with Crippen LogP contribution in [0, 0.1) is 17.8 Å². The number of hydrogen-bond donors (Lipinski definition) is 2. The molecule has 2 bridgehead atoms. The van der Waals surface area contributed by atoms with E-state index in [0.717, 1.165) is 29.6 Å². The zero-order valence-corrected chi connectivity index (χ0v) is 18.7. The first kappa shape index (κ1) is 20.9. The van der Waals surface area contributed by atoms with Crippen LogP contribution in [0.1, 0.15) is 62.5 Å². The van der Waals surface area contributed by atoms with Gasteiger partial charge in [-0.15, -0.1) is 0 Å². The summed E-state index contributed by atoms with van der Waals surface area (Å²) < 4.78 is 4.91. The van der Waals surface area contributed by atoms with E-state index in [1.807, 2.05) is 25.1 Å². The number of aromatic nitrogens is 1. The number of fused-ring (bicyclic) bond motifs is 3. The van der Waals surface area contributed by atoms with E-state index in [9.17, 15) is 9.59 Å². The molecule has 4 rings (SSSR count). The van der Waals surface area contributed by atoms with E-state index < -0.39 is 5.97 Å². The van der Waals surface area contributed by atoms with E-state index in [4.69, 9.17) is 4.74 Å². The van der Waals surface area contributed by atoms with Crippen molar-refractivity contribution >= 4 is 28.5 Å². The molecule has 2 atom stereocenters. The van der Waals surface area contributed by atoms with Crippen LogP contribution in [0.4, 0.5) is 5.69 Å². The number of likely N-dealkylation sites (tertiary alicyclic amines) is 1. The molecule has 0 spiro atoms. The third-order valence-corrected chi connectivity index (χ3v) is 6.76. The number of ether oxygens (including phenoxy) is 1. The molecule has 2 aromatic rings. The number of carbonyl (C=O) groups excluding carboxylic acids is 2. The highest BCUT2D eigenvalue weighted by atomic mass is 16.5. The van der Waals surface area contributed by atoms with Crippen LogP contribution in [-0.2, 0) is 9.53 Å². The predicted molar refractivity (Wildman–Crippen MR) is 119 cm³/mol. The minimum atomic E-state index is -0.484. The van der Waals surface area contributed by atoms with Gasteiger partial charge in [0, 0.05) is 36.5 Å². The average molecular weight is 412 g/mol.